The minimum Gasteiger partial charge on any atom is -0.481 e. The van der Waals surface area contributed by atoms with Crippen LogP contribution in [0.5, 0.6) is 0 Å². The van der Waals surface area contributed by atoms with E-state index in [1.165, 1.54) is 32.1 Å². The SMILES string of the molecule is CC(C)n1ncc2cc(C(=O)NC(CCC(=O)O)CC3CCCCC3)cnc21. The van der Waals surface area contributed by atoms with Gasteiger partial charge < -0.3 is 10.4 Å². The monoisotopic (exact) mass is 386 g/mol. The van der Waals surface area contributed by atoms with E-state index in [1.807, 2.05) is 18.5 Å². The standard InChI is InChI=1S/C21H30N4O3/c1-14(2)25-20-16(13-23-25)11-17(12-22-20)21(28)24-18(8-9-19(26)27)10-15-6-4-3-5-7-15/h11-15,18H,3-10H2,1-2H3,(H,24,28)(H,26,27). The summed E-state index contributed by atoms with van der Waals surface area (Å²) in [6, 6.07) is 1.87. The fraction of sp³-hybridized carbons (Fsp3) is 0.619. The van der Waals surface area contributed by atoms with Crippen molar-refractivity contribution in [3.8, 4) is 0 Å². The van der Waals surface area contributed by atoms with E-state index in [0.29, 0.717) is 17.9 Å². The third kappa shape index (κ3) is 5.09. The van der Waals surface area contributed by atoms with Crippen molar-refractivity contribution in [3.63, 3.8) is 0 Å². The van der Waals surface area contributed by atoms with Crippen molar-refractivity contribution in [2.45, 2.75) is 77.3 Å². The third-order valence-electron chi connectivity index (χ3n) is 5.57. The van der Waals surface area contributed by atoms with Gasteiger partial charge in [-0.05, 0) is 38.7 Å². The lowest BCUT2D eigenvalue weighted by molar-refractivity contribution is -0.137. The quantitative estimate of drug-likeness (QED) is 0.716. The molecule has 1 fully saturated rings. The zero-order valence-corrected chi connectivity index (χ0v) is 16.7. The number of aromatic nitrogens is 3. The number of carboxylic acids is 1. The summed E-state index contributed by atoms with van der Waals surface area (Å²) in [5.41, 5.74) is 1.25. The molecule has 1 saturated carbocycles. The first kappa shape index (κ1) is 20.3. The normalized spacial score (nSPS) is 16.4. The number of amides is 1. The molecule has 7 heteroatoms. The molecule has 7 nitrogen and oxygen atoms in total. The Labute approximate surface area is 165 Å². The van der Waals surface area contributed by atoms with Crippen LogP contribution in [-0.2, 0) is 4.79 Å². The first-order chi connectivity index (χ1) is 13.4. The molecule has 0 saturated heterocycles. The van der Waals surface area contributed by atoms with Gasteiger partial charge >= 0.3 is 5.97 Å². The summed E-state index contributed by atoms with van der Waals surface area (Å²) in [4.78, 5) is 28.2. The molecule has 0 bridgehead atoms. The van der Waals surface area contributed by atoms with Crippen molar-refractivity contribution in [3.05, 3.63) is 24.0 Å². The van der Waals surface area contributed by atoms with Gasteiger partial charge in [-0.15, -0.1) is 0 Å². The maximum absolute atomic E-state index is 12.8. The number of hydrogen-bond acceptors (Lipinski definition) is 4. The van der Waals surface area contributed by atoms with Crippen LogP contribution < -0.4 is 5.32 Å². The molecule has 28 heavy (non-hydrogen) atoms. The van der Waals surface area contributed by atoms with Crippen LogP contribution in [0.3, 0.4) is 0 Å². The van der Waals surface area contributed by atoms with E-state index in [0.717, 1.165) is 17.5 Å². The summed E-state index contributed by atoms with van der Waals surface area (Å²) >= 11 is 0. The number of carbonyl (C=O) groups is 2. The van der Waals surface area contributed by atoms with E-state index in [9.17, 15) is 9.59 Å². The van der Waals surface area contributed by atoms with Gasteiger partial charge in [0.05, 0.1) is 11.8 Å². The van der Waals surface area contributed by atoms with Gasteiger partial charge in [0, 0.05) is 30.1 Å². The fourth-order valence-electron chi connectivity index (χ4n) is 4.08. The van der Waals surface area contributed by atoms with Gasteiger partial charge in [-0.25, -0.2) is 9.67 Å². The number of rotatable bonds is 8. The second-order valence-corrected chi connectivity index (χ2v) is 8.16. The van der Waals surface area contributed by atoms with E-state index < -0.39 is 5.97 Å². The molecule has 0 aromatic carbocycles. The molecule has 2 heterocycles. The van der Waals surface area contributed by atoms with Crippen LogP contribution in [0.15, 0.2) is 18.5 Å². The number of hydrogen-bond donors (Lipinski definition) is 2. The molecular formula is C21H30N4O3. The predicted molar refractivity (Wildman–Crippen MR) is 107 cm³/mol. The van der Waals surface area contributed by atoms with Crippen molar-refractivity contribution in [1.82, 2.24) is 20.1 Å². The Morgan fingerprint density at radius 3 is 2.68 bits per heavy atom. The van der Waals surface area contributed by atoms with Crippen LogP contribution in [-0.4, -0.2) is 37.8 Å². The smallest absolute Gasteiger partial charge is 0.303 e. The highest BCUT2D eigenvalue weighted by molar-refractivity contribution is 5.97. The minimum absolute atomic E-state index is 0.0656. The van der Waals surface area contributed by atoms with Gasteiger partial charge in [0.25, 0.3) is 5.91 Å². The molecule has 2 aromatic heterocycles. The first-order valence-corrected chi connectivity index (χ1v) is 10.3. The summed E-state index contributed by atoms with van der Waals surface area (Å²) in [5, 5.41) is 17.3. The Morgan fingerprint density at radius 1 is 1.25 bits per heavy atom. The maximum atomic E-state index is 12.8. The van der Waals surface area contributed by atoms with Crippen LogP contribution in [0.25, 0.3) is 11.0 Å². The molecular weight excluding hydrogens is 356 g/mol. The second kappa shape index (κ2) is 9.17. The van der Waals surface area contributed by atoms with Gasteiger partial charge in [-0.1, -0.05) is 32.1 Å². The number of nitrogens with one attached hydrogen (secondary N) is 1. The van der Waals surface area contributed by atoms with Crippen molar-refractivity contribution in [1.29, 1.82) is 0 Å². The fourth-order valence-corrected chi connectivity index (χ4v) is 4.08. The lowest BCUT2D eigenvalue weighted by Crippen LogP contribution is -2.37. The average molecular weight is 386 g/mol. The summed E-state index contributed by atoms with van der Waals surface area (Å²) in [6.45, 7) is 4.07. The summed E-state index contributed by atoms with van der Waals surface area (Å²) in [7, 11) is 0. The molecule has 0 radical (unpaired) electrons. The van der Waals surface area contributed by atoms with E-state index in [4.69, 9.17) is 5.11 Å². The molecule has 1 atom stereocenters. The minimum atomic E-state index is -0.827. The first-order valence-electron chi connectivity index (χ1n) is 10.3. The highest BCUT2D eigenvalue weighted by Crippen LogP contribution is 2.28. The highest BCUT2D eigenvalue weighted by Gasteiger charge is 2.22. The molecule has 2 N–H and O–H groups in total. The lowest BCUT2D eigenvalue weighted by Gasteiger charge is -2.27. The Hall–Kier alpha value is -2.44. The van der Waals surface area contributed by atoms with E-state index >= 15 is 0 Å². The predicted octanol–water partition coefficient (Wildman–Crippen LogP) is 3.95. The van der Waals surface area contributed by atoms with Gasteiger partial charge in [0.15, 0.2) is 5.65 Å². The van der Waals surface area contributed by atoms with Crippen molar-refractivity contribution in [2.75, 3.05) is 0 Å². The van der Waals surface area contributed by atoms with E-state index in [-0.39, 0.29) is 24.4 Å². The number of nitrogens with zero attached hydrogens (tertiary/aromatic N) is 3. The van der Waals surface area contributed by atoms with Crippen molar-refractivity contribution in [2.24, 2.45) is 5.92 Å². The van der Waals surface area contributed by atoms with Crippen molar-refractivity contribution < 1.29 is 14.7 Å². The highest BCUT2D eigenvalue weighted by atomic mass is 16.4. The second-order valence-electron chi connectivity index (χ2n) is 8.16. The molecule has 2 aromatic rings. The van der Waals surface area contributed by atoms with Crippen LogP contribution in [0, 0.1) is 5.92 Å². The van der Waals surface area contributed by atoms with Crippen molar-refractivity contribution >= 4 is 22.9 Å². The molecule has 3 rings (SSSR count). The lowest BCUT2D eigenvalue weighted by atomic mass is 9.84. The molecule has 1 amide bonds. The van der Waals surface area contributed by atoms with Gasteiger partial charge in [-0.3, -0.25) is 9.59 Å². The average Bonchev–Trinajstić information content (AvgIpc) is 3.10. The van der Waals surface area contributed by atoms with E-state index in [2.05, 4.69) is 15.4 Å². The number of fused-ring (bicyclic) bond motifs is 1. The largest absolute Gasteiger partial charge is 0.481 e. The zero-order chi connectivity index (χ0) is 20.1. The third-order valence-corrected chi connectivity index (χ3v) is 5.57. The van der Waals surface area contributed by atoms with Gasteiger partial charge in [-0.2, -0.15) is 5.10 Å². The summed E-state index contributed by atoms with van der Waals surface area (Å²) < 4.78 is 1.83. The Bertz CT molecular complexity index is 824. The number of carbonyl (C=O) groups excluding carboxylic acids is 1. The topological polar surface area (TPSA) is 97.1 Å². The number of aliphatic carboxylic acids is 1. The van der Waals surface area contributed by atoms with Crippen LogP contribution in [0.1, 0.15) is 81.6 Å². The molecule has 0 aliphatic heterocycles. The summed E-state index contributed by atoms with van der Waals surface area (Å²) in [5.74, 6) is -0.456. The van der Waals surface area contributed by atoms with E-state index in [1.54, 1.807) is 18.5 Å². The molecule has 152 valence electrons. The molecule has 0 spiro atoms. The van der Waals surface area contributed by atoms with Crippen LogP contribution in [0.2, 0.25) is 0 Å². The zero-order valence-electron chi connectivity index (χ0n) is 16.7. The van der Waals surface area contributed by atoms with Crippen LogP contribution in [0.4, 0.5) is 0 Å². The molecule has 1 unspecified atom stereocenters. The maximum Gasteiger partial charge on any atom is 0.303 e. The Kier molecular flexibility index (Phi) is 6.65. The number of carboxylic acid groups (broad SMARTS) is 1. The van der Waals surface area contributed by atoms with Gasteiger partial charge in [0.1, 0.15) is 0 Å². The summed E-state index contributed by atoms with van der Waals surface area (Å²) in [6.07, 6.45) is 10.7. The van der Waals surface area contributed by atoms with Gasteiger partial charge in [0.2, 0.25) is 0 Å². The molecule has 1 aliphatic rings. The Balaban J connectivity index is 1.70. The Morgan fingerprint density at radius 2 is 2.00 bits per heavy atom. The van der Waals surface area contributed by atoms with Crippen LogP contribution >= 0.6 is 0 Å². The molecule has 1 aliphatic carbocycles. The number of pyridine rings is 1.